The number of amides is 2. The third-order valence-corrected chi connectivity index (χ3v) is 2.18. The van der Waals surface area contributed by atoms with Crippen molar-refractivity contribution in [2.45, 2.75) is 19.5 Å². The van der Waals surface area contributed by atoms with Gasteiger partial charge in [-0.05, 0) is 18.6 Å². The molecular weight excluding hydrogens is 238 g/mol. The Hall–Kier alpha value is -2.31. The Labute approximate surface area is 104 Å². The topological polar surface area (TPSA) is 101 Å². The van der Waals surface area contributed by atoms with Gasteiger partial charge in [-0.2, -0.15) is 0 Å². The lowest BCUT2D eigenvalue weighted by molar-refractivity contribution is -0.138. The number of carboxylic acid groups (broad SMARTS) is 1. The van der Waals surface area contributed by atoms with Crippen LogP contribution in [0.2, 0.25) is 0 Å². The number of nitrogens with one attached hydrogen (secondary N) is 2. The molecule has 0 radical (unpaired) electrons. The molecule has 98 valence electrons. The molecule has 0 spiro atoms. The maximum Gasteiger partial charge on any atom is 0.325 e. The Balaban J connectivity index is 2.44. The molecule has 2 amide bonds. The number of nitrogens with zero attached hydrogens (tertiary/aromatic N) is 1. The van der Waals surface area contributed by atoms with E-state index in [-0.39, 0.29) is 6.54 Å². The Morgan fingerprint density at radius 1 is 1.56 bits per heavy atom. The fraction of sp³-hybridized carbons (Fsp3) is 0.364. The molecule has 1 aromatic rings. The molecule has 1 atom stereocenters. The van der Waals surface area contributed by atoms with Gasteiger partial charge in [-0.25, -0.2) is 9.78 Å². The minimum atomic E-state index is -1.09. The van der Waals surface area contributed by atoms with E-state index in [0.29, 0.717) is 5.88 Å². The van der Waals surface area contributed by atoms with Gasteiger partial charge in [0, 0.05) is 18.8 Å². The van der Waals surface area contributed by atoms with Gasteiger partial charge in [0.2, 0.25) is 5.88 Å². The lowest BCUT2D eigenvalue weighted by atomic mass is 10.2. The van der Waals surface area contributed by atoms with E-state index in [1.54, 1.807) is 18.3 Å². The first-order valence-electron chi connectivity index (χ1n) is 5.29. The molecule has 0 aliphatic carbocycles. The molecule has 0 saturated heterocycles. The second-order valence-corrected chi connectivity index (χ2v) is 3.59. The summed E-state index contributed by atoms with van der Waals surface area (Å²) in [4.78, 5) is 25.8. The van der Waals surface area contributed by atoms with Crippen LogP contribution in [0.1, 0.15) is 12.5 Å². The molecule has 7 heteroatoms. The van der Waals surface area contributed by atoms with E-state index in [9.17, 15) is 9.59 Å². The highest BCUT2D eigenvalue weighted by molar-refractivity contribution is 5.82. The van der Waals surface area contributed by atoms with Crippen molar-refractivity contribution in [2.75, 3.05) is 7.11 Å². The van der Waals surface area contributed by atoms with E-state index in [0.717, 1.165) is 5.56 Å². The lowest BCUT2D eigenvalue weighted by Crippen LogP contribution is -2.44. The minimum absolute atomic E-state index is 0.261. The summed E-state index contributed by atoms with van der Waals surface area (Å²) in [5.74, 6) is -0.635. The number of carbonyl (C=O) groups excluding carboxylic acids is 1. The second kappa shape index (κ2) is 6.43. The van der Waals surface area contributed by atoms with Gasteiger partial charge in [0.1, 0.15) is 6.04 Å². The van der Waals surface area contributed by atoms with Crippen LogP contribution in [0, 0.1) is 0 Å². The van der Waals surface area contributed by atoms with Crippen LogP contribution in [-0.4, -0.2) is 35.2 Å². The van der Waals surface area contributed by atoms with E-state index in [1.807, 2.05) is 0 Å². The molecule has 0 unspecified atom stereocenters. The normalized spacial score (nSPS) is 11.4. The van der Waals surface area contributed by atoms with E-state index >= 15 is 0 Å². The van der Waals surface area contributed by atoms with Gasteiger partial charge in [-0.1, -0.05) is 0 Å². The van der Waals surface area contributed by atoms with Gasteiger partial charge in [-0.3, -0.25) is 4.79 Å². The number of rotatable bonds is 5. The number of methoxy groups -OCH3 is 1. The van der Waals surface area contributed by atoms with Crippen LogP contribution in [0.4, 0.5) is 4.79 Å². The standard InChI is InChI=1S/C11H15N3O4/c1-7(10(15)16)14-11(17)13-6-8-3-4-12-9(5-8)18-2/h3-5,7H,6H2,1-2H3,(H,15,16)(H2,13,14,17)/t7-/m1/s1. The van der Waals surface area contributed by atoms with Gasteiger partial charge >= 0.3 is 12.0 Å². The third kappa shape index (κ3) is 4.28. The Bertz CT molecular complexity index is 436. The zero-order valence-corrected chi connectivity index (χ0v) is 10.1. The molecule has 1 aromatic heterocycles. The highest BCUT2D eigenvalue weighted by Gasteiger charge is 2.13. The van der Waals surface area contributed by atoms with Crippen LogP contribution >= 0.6 is 0 Å². The lowest BCUT2D eigenvalue weighted by Gasteiger charge is -2.10. The first-order chi connectivity index (χ1) is 8.52. The minimum Gasteiger partial charge on any atom is -0.481 e. The molecule has 0 aliphatic rings. The van der Waals surface area contributed by atoms with Crippen molar-refractivity contribution in [2.24, 2.45) is 0 Å². The van der Waals surface area contributed by atoms with E-state index in [4.69, 9.17) is 9.84 Å². The maximum atomic E-state index is 11.4. The number of carbonyl (C=O) groups is 2. The van der Waals surface area contributed by atoms with Crippen LogP contribution in [0.5, 0.6) is 5.88 Å². The highest BCUT2D eigenvalue weighted by Crippen LogP contribution is 2.07. The molecule has 0 fully saturated rings. The first-order valence-corrected chi connectivity index (χ1v) is 5.29. The summed E-state index contributed by atoms with van der Waals surface area (Å²) in [5, 5.41) is 13.4. The van der Waals surface area contributed by atoms with E-state index < -0.39 is 18.0 Å². The van der Waals surface area contributed by atoms with Crippen molar-refractivity contribution in [3.63, 3.8) is 0 Å². The monoisotopic (exact) mass is 253 g/mol. The van der Waals surface area contributed by atoms with Crippen LogP contribution in [-0.2, 0) is 11.3 Å². The van der Waals surface area contributed by atoms with Crippen molar-refractivity contribution >= 4 is 12.0 Å². The van der Waals surface area contributed by atoms with Gasteiger partial charge in [0.15, 0.2) is 0 Å². The van der Waals surface area contributed by atoms with Gasteiger partial charge < -0.3 is 20.5 Å². The predicted octanol–water partition coefficient (Wildman–Crippen LogP) is 0.362. The maximum absolute atomic E-state index is 11.4. The van der Waals surface area contributed by atoms with E-state index in [1.165, 1.54) is 14.0 Å². The van der Waals surface area contributed by atoms with Crippen molar-refractivity contribution < 1.29 is 19.4 Å². The van der Waals surface area contributed by atoms with Gasteiger partial charge in [0.05, 0.1) is 7.11 Å². The van der Waals surface area contributed by atoms with Crippen molar-refractivity contribution in [3.8, 4) is 5.88 Å². The molecule has 18 heavy (non-hydrogen) atoms. The predicted molar refractivity (Wildman–Crippen MR) is 63.3 cm³/mol. The Morgan fingerprint density at radius 2 is 2.28 bits per heavy atom. The summed E-state index contributed by atoms with van der Waals surface area (Å²) >= 11 is 0. The molecule has 0 bridgehead atoms. The Morgan fingerprint density at radius 3 is 2.89 bits per heavy atom. The van der Waals surface area contributed by atoms with Crippen molar-refractivity contribution in [3.05, 3.63) is 23.9 Å². The molecule has 0 aromatic carbocycles. The number of hydrogen-bond acceptors (Lipinski definition) is 4. The SMILES string of the molecule is COc1cc(CNC(=O)N[C@H](C)C(=O)O)ccn1. The number of carboxylic acids is 1. The molecule has 1 rings (SSSR count). The third-order valence-electron chi connectivity index (χ3n) is 2.18. The number of aliphatic carboxylic acids is 1. The van der Waals surface area contributed by atoms with Crippen LogP contribution in [0.25, 0.3) is 0 Å². The molecule has 0 aliphatic heterocycles. The summed E-state index contributed by atoms with van der Waals surface area (Å²) in [6.45, 7) is 1.65. The zero-order chi connectivity index (χ0) is 13.5. The van der Waals surface area contributed by atoms with Crippen LogP contribution < -0.4 is 15.4 Å². The smallest absolute Gasteiger partial charge is 0.325 e. The summed E-state index contributed by atoms with van der Waals surface area (Å²) in [7, 11) is 1.50. The largest absolute Gasteiger partial charge is 0.481 e. The fourth-order valence-corrected chi connectivity index (χ4v) is 1.16. The summed E-state index contributed by atoms with van der Waals surface area (Å²) in [6, 6.07) is 1.93. The molecule has 0 saturated carbocycles. The summed E-state index contributed by atoms with van der Waals surface area (Å²) in [6.07, 6.45) is 1.56. The molecule has 7 nitrogen and oxygen atoms in total. The van der Waals surface area contributed by atoms with Crippen molar-refractivity contribution in [1.82, 2.24) is 15.6 Å². The number of ether oxygens (including phenoxy) is 1. The van der Waals surface area contributed by atoms with Gasteiger partial charge in [-0.15, -0.1) is 0 Å². The first kappa shape index (κ1) is 13.8. The van der Waals surface area contributed by atoms with Crippen molar-refractivity contribution in [1.29, 1.82) is 0 Å². The van der Waals surface area contributed by atoms with Gasteiger partial charge in [0.25, 0.3) is 0 Å². The quantitative estimate of drug-likeness (QED) is 0.703. The van der Waals surface area contributed by atoms with Crippen LogP contribution in [0.15, 0.2) is 18.3 Å². The number of pyridine rings is 1. The number of aromatic nitrogens is 1. The fourth-order valence-electron chi connectivity index (χ4n) is 1.16. The second-order valence-electron chi connectivity index (χ2n) is 3.59. The molecule has 3 N–H and O–H groups in total. The average molecular weight is 253 g/mol. The highest BCUT2D eigenvalue weighted by atomic mass is 16.5. The Kier molecular flexibility index (Phi) is 4.91. The van der Waals surface area contributed by atoms with E-state index in [2.05, 4.69) is 15.6 Å². The summed E-state index contributed by atoms with van der Waals surface area (Å²) < 4.78 is 4.94. The average Bonchev–Trinajstić information content (AvgIpc) is 2.36. The number of urea groups is 1. The zero-order valence-electron chi connectivity index (χ0n) is 10.1. The number of hydrogen-bond donors (Lipinski definition) is 3. The summed E-state index contributed by atoms with van der Waals surface area (Å²) in [5.41, 5.74) is 0.806. The molecular formula is C11H15N3O4. The molecule has 1 heterocycles. The van der Waals surface area contributed by atoms with Crippen LogP contribution in [0.3, 0.4) is 0 Å².